The van der Waals surface area contributed by atoms with E-state index in [9.17, 15) is 9.59 Å². The second kappa shape index (κ2) is 12.7. The van der Waals surface area contributed by atoms with E-state index in [0.29, 0.717) is 25.2 Å². The SMILES string of the molecule is Cc1cccc(N(Cc2ccc(C(=O)CO)cc2)C(=O)N2CCN(C(c3ccccc3)c3ccccc3)CC2)c1. The van der Waals surface area contributed by atoms with Crippen molar-refractivity contribution < 1.29 is 14.7 Å². The summed E-state index contributed by atoms with van der Waals surface area (Å²) in [6.07, 6.45) is 0. The molecule has 5 rings (SSSR count). The van der Waals surface area contributed by atoms with E-state index >= 15 is 0 Å². The topological polar surface area (TPSA) is 64.1 Å². The minimum Gasteiger partial charge on any atom is -0.388 e. The van der Waals surface area contributed by atoms with Crippen LogP contribution in [0.2, 0.25) is 0 Å². The van der Waals surface area contributed by atoms with Crippen molar-refractivity contribution in [2.75, 3.05) is 37.7 Å². The molecule has 1 heterocycles. The molecule has 40 heavy (non-hydrogen) atoms. The lowest BCUT2D eigenvalue weighted by Gasteiger charge is -2.41. The molecule has 1 saturated heterocycles. The van der Waals surface area contributed by atoms with E-state index in [0.717, 1.165) is 29.9 Å². The van der Waals surface area contributed by atoms with E-state index in [1.54, 1.807) is 12.1 Å². The van der Waals surface area contributed by atoms with Crippen LogP contribution in [0.25, 0.3) is 0 Å². The van der Waals surface area contributed by atoms with Gasteiger partial charge in [0.2, 0.25) is 0 Å². The Morgan fingerprint density at radius 3 is 1.93 bits per heavy atom. The number of aryl methyl sites for hydroxylation is 1. The van der Waals surface area contributed by atoms with Crippen LogP contribution in [0, 0.1) is 6.92 Å². The maximum absolute atomic E-state index is 14.0. The first-order valence-electron chi connectivity index (χ1n) is 13.7. The molecule has 0 aromatic heterocycles. The summed E-state index contributed by atoms with van der Waals surface area (Å²) in [6, 6.07) is 36.3. The van der Waals surface area contributed by atoms with Crippen LogP contribution in [0.5, 0.6) is 0 Å². The first kappa shape index (κ1) is 27.3. The summed E-state index contributed by atoms with van der Waals surface area (Å²) in [7, 11) is 0. The molecular weight excluding hydrogens is 498 g/mol. The maximum atomic E-state index is 14.0. The Hall–Kier alpha value is -4.26. The summed E-state index contributed by atoms with van der Waals surface area (Å²) in [5.74, 6) is -0.319. The predicted octanol–water partition coefficient (Wildman–Crippen LogP) is 5.70. The van der Waals surface area contributed by atoms with Crippen LogP contribution in [0.1, 0.15) is 38.7 Å². The zero-order valence-corrected chi connectivity index (χ0v) is 22.8. The number of hydrogen-bond donors (Lipinski definition) is 1. The number of ketones is 1. The molecule has 0 bridgehead atoms. The van der Waals surface area contributed by atoms with Crippen molar-refractivity contribution in [2.45, 2.75) is 19.5 Å². The Morgan fingerprint density at radius 2 is 1.38 bits per heavy atom. The fourth-order valence-corrected chi connectivity index (χ4v) is 5.36. The maximum Gasteiger partial charge on any atom is 0.324 e. The van der Waals surface area contributed by atoms with Crippen LogP contribution < -0.4 is 4.90 Å². The molecule has 1 aliphatic rings. The molecule has 1 N–H and O–H groups in total. The first-order valence-corrected chi connectivity index (χ1v) is 13.7. The number of carbonyl (C=O) groups is 2. The van der Waals surface area contributed by atoms with Crippen molar-refractivity contribution in [3.8, 4) is 0 Å². The van der Waals surface area contributed by atoms with E-state index in [1.807, 2.05) is 65.3 Å². The number of rotatable bonds is 8. The van der Waals surface area contributed by atoms with Crippen molar-refractivity contribution in [1.29, 1.82) is 0 Å². The number of Topliss-reactive ketones (excluding diaryl/α,β-unsaturated/α-hetero) is 1. The van der Waals surface area contributed by atoms with E-state index < -0.39 is 6.61 Å². The second-order valence-corrected chi connectivity index (χ2v) is 10.2. The molecule has 204 valence electrons. The molecular formula is C34H35N3O3. The van der Waals surface area contributed by atoms with Crippen molar-refractivity contribution in [2.24, 2.45) is 0 Å². The lowest BCUT2D eigenvalue weighted by molar-refractivity contribution is 0.0903. The fourth-order valence-electron chi connectivity index (χ4n) is 5.36. The van der Waals surface area contributed by atoms with E-state index in [1.165, 1.54) is 11.1 Å². The molecule has 0 radical (unpaired) electrons. The van der Waals surface area contributed by atoms with Gasteiger partial charge in [0.1, 0.15) is 6.61 Å². The monoisotopic (exact) mass is 533 g/mol. The highest BCUT2D eigenvalue weighted by molar-refractivity contribution is 5.97. The summed E-state index contributed by atoms with van der Waals surface area (Å²) >= 11 is 0. The van der Waals surface area contributed by atoms with Gasteiger partial charge in [0.25, 0.3) is 0 Å². The molecule has 0 aliphatic carbocycles. The average Bonchev–Trinajstić information content (AvgIpc) is 3.01. The zero-order chi connectivity index (χ0) is 27.9. The van der Waals surface area contributed by atoms with Gasteiger partial charge in [-0.1, -0.05) is 97.1 Å². The minimum absolute atomic E-state index is 0.0308. The van der Waals surface area contributed by atoms with Gasteiger partial charge in [-0.05, 0) is 41.3 Å². The van der Waals surface area contributed by atoms with Crippen LogP contribution >= 0.6 is 0 Å². The normalized spacial score (nSPS) is 13.8. The van der Waals surface area contributed by atoms with Gasteiger partial charge in [-0.3, -0.25) is 14.6 Å². The molecule has 1 fully saturated rings. The number of aliphatic hydroxyl groups is 1. The Labute approximate surface area is 236 Å². The van der Waals surface area contributed by atoms with Gasteiger partial charge in [0, 0.05) is 37.4 Å². The molecule has 0 atom stereocenters. The number of hydrogen-bond acceptors (Lipinski definition) is 4. The number of carbonyl (C=O) groups excluding carboxylic acids is 2. The third-order valence-electron chi connectivity index (χ3n) is 7.48. The van der Waals surface area contributed by atoms with Gasteiger partial charge in [0.15, 0.2) is 5.78 Å². The van der Waals surface area contributed by atoms with E-state index in [-0.39, 0.29) is 17.9 Å². The number of benzene rings is 4. The molecule has 2 amide bonds. The second-order valence-electron chi connectivity index (χ2n) is 10.2. The molecule has 0 saturated carbocycles. The average molecular weight is 534 g/mol. The highest BCUT2D eigenvalue weighted by Gasteiger charge is 2.30. The number of aliphatic hydroxyl groups excluding tert-OH is 1. The smallest absolute Gasteiger partial charge is 0.324 e. The zero-order valence-electron chi connectivity index (χ0n) is 22.8. The molecule has 0 spiro atoms. The third-order valence-corrected chi connectivity index (χ3v) is 7.48. The Morgan fingerprint density at radius 1 is 0.775 bits per heavy atom. The lowest BCUT2D eigenvalue weighted by atomic mass is 9.96. The summed E-state index contributed by atoms with van der Waals surface area (Å²) in [5.41, 5.74) is 5.79. The number of nitrogens with zero attached hydrogens (tertiary/aromatic N) is 3. The summed E-state index contributed by atoms with van der Waals surface area (Å²) < 4.78 is 0. The fraction of sp³-hybridized carbons (Fsp3) is 0.235. The Kier molecular flexibility index (Phi) is 8.69. The standard InChI is InChI=1S/C34H35N3O3/c1-26-9-8-14-31(23-26)37(24-27-15-17-28(18-16-27)32(39)25-38)34(40)36-21-19-35(20-22-36)33(29-10-4-2-5-11-29)30-12-6-3-7-13-30/h2-18,23,33,38H,19-22,24-25H2,1H3. The molecule has 0 unspecified atom stereocenters. The van der Waals surface area contributed by atoms with Gasteiger partial charge in [-0.15, -0.1) is 0 Å². The summed E-state index contributed by atoms with van der Waals surface area (Å²) in [5, 5.41) is 9.17. The summed E-state index contributed by atoms with van der Waals surface area (Å²) in [6.45, 7) is 4.66. The van der Waals surface area contributed by atoms with E-state index in [2.05, 4.69) is 53.4 Å². The van der Waals surface area contributed by atoms with Crippen molar-refractivity contribution >= 4 is 17.5 Å². The van der Waals surface area contributed by atoms with Gasteiger partial charge >= 0.3 is 6.03 Å². The van der Waals surface area contributed by atoms with Crippen LogP contribution in [-0.4, -0.2) is 59.5 Å². The first-order chi connectivity index (χ1) is 19.5. The number of anilines is 1. The third kappa shape index (κ3) is 6.30. The number of piperazine rings is 1. The molecule has 1 aliphatic heterocycles. The van der Waals surface area contributed by atoms with Gasteiger partial charge < -0.3 is 10.0 Å². The van der Waals surface area contributed by atoms with Crippen LogP contribution in [-0.2, 0) is 6.54 Å². The lowest BCUT2D eigenvalue weighted by Crippen LogP contribution is -2.53. The van der Waals surface area contributed by atoms with Gasteiger partial charge in [-0.25, -0.2) is 4.79 Å². The van der Waals surface area contributed by atoms with Crippen LogP contribution in [0.4, 0.5) is 10.5 Å². The van der Waals surface area contributed by atoms with Gasteiger partial charge in [-0.2, -0.15) is 0 Å². The largest absolute Gasteiger partial charge is 0.388 e. The Bertz CT molecular complexity index is 1380. The minimum atomic E-state index is -0.519. The molecule has 6 heteroatoms. The Balaban J connectivity index is 1.34. The van der Waals surface area contributed by atoms with Gasteiger partial charge in [0.05, 0.1) is 12.6 Å². The van der Waals surface area contributed by atoms with Crippen LogP contribution in [0.3, 0.4) is 0 Å². The molecule has 6 nitrogen and oxygen atoms in total. The van der Waals surface area contributed by atoms with Crippen LogP contribution in [0.15, 0.2) is 109 Å². The number of amides is 2. The molecule has 4 aromatic carbocycles. The molecule has 4 aromatic rings. The highest BCUT2D eigenvalue weighted by atomic mass is 16.3. The predicted molar refractivity (Wildman–Crippen MR) is 158 cm³/mol. The van der Waals surface area contributed by atoms with Crippen molar-refractivity contribution in [3.63, 3.8) is 0 Å². The van der Waals surface area contributed by atoms with Crippen molar-refractivity contribution in [3.05, 3.63) is 137 Å². The van der Waals surface area contributed by atoms with E-state index in [4.69, 9.17) is 5.11 Å². The van der Waals surface area contributed by atoms with Crippen molar-refractivity contribution in [1.82, 2.24) is 9.80 Å². The summed E-state index contributed by atoms with van der Waals surface area (Å²) in [4.78, 5) is 32.1. The number of urea groups is 1. The highest BCUT2D eigenvalue weighted by Crippen LogP contribution is 2.30. The quantitative estimate of drug-likeness (QED) is 0.295.